The summed E-state index contributed by atoms with van der Waals surface area (Å²) in [7, 11) is 0. The number of rotatable bonds is 5. The van der Waals surface area contributed by atoms with E-state index in [9.17, 15) is 9.59 Å². The summed E-state index contributed by atoms with van der Waals surface area (Å²) in [5, 5.41) is 0. The van der Waals surface area contributed by atoms with E-state index >= 15 is 0 Å². The molecule has 0 bridgehead atoms. The monoisotopic (exact) mass is 294 g/mol. The van der Waals surface area contributed by atoms with Gasteiger partial charge < -0.3 is 9.80 Å². The van der Waals surface area contributed by atoms with Gasteiger partial charge in [0.05, 0.1) is 0 Å². The minimum atomic E-state index is -0.291. The average Bonchev–Trinajstić information content (AvgIpc) is 2.45. The maximum Gasteiger partial charge on any atom is 0.246 e. The van der Waals surface area contributed by atoms with Crippen LogP contribution in [0.15, 0.2) is 0 Å². The van der Waals surface area contributed by atoms with Gasteiger partial charge in [0.2, 0.25) is 11.8 Å². The zero-order valence-corrected chi connectivity index (χ0v) is 14.0. The standard InChI is InChI=1S/C17H30N2O2/c1-12(2)8-7-9-13(3)19-14(4)16(20)18-11-6-5-10-15(18)17(19)21/h12-15H,5-11H2,1-4H3. The first kappa shape index (κ1) is 16.3. The van der Waals surface area contributed by atoms with E-state index in [0.29, 0.717) is 5.92 Å². The smallest absolute Gasteiger partial charge is 0.246 e. The molecule has 2 aliphatic rings. The molecule has 120 valence electrons. The molecule has 2 heterocycles. The quantitative estimate of drug-likeness (QED) is 0.782. The molecule has 0 radical (unpaired) electrons. The third kappa shape index (κ3) is 3.41. The lowest BCUT2D eigenvalue weighted by Gasteiger charge is -2.48. The van der Waals surface area contributed by atoms with Gasteiger partial charge in [0.15, 0.2) is 0 Å². The van der Waals surface area contributed by atoms with E-state index in [1.807, 2.05) is 16.7 Å². The SMILES string of the molecule is CC(C)CCCC(C)N1C(=O)C2CCCCN2C(=O)C1C. The summed E-state index contributed by atoms with van der Waals surface area (Å²) in [6.07, 6.45) is 6.24. The molecule has 21 heavy (non-hydrogen) atoms. The fourth-order valence-corrected chi connectivity index (χ4v) is 3.73. The molecule has 4 nitrogen and oxygen atoms in total. The van der Waals surface area contributed by atoms with Crippen LogP contribution in [-0.4, -0.2) is 46.3 Å². The normalized spacial score (nSPS) is 28.0. The number of piperazine rings is 1. The molecule has 4 heteroatoms. The highest BCUT2D eigenvalue weighted by atomic mass is 16.2. The van der Waals surface area contributed by atoms with E-state index in [2.05, 4.69) is 20.8 Å². The molecular weight excluding hydrogens is 264 g/mol. The minimum absolute atomic E-state index is 0.148. The second kappa shape index (κ2) is 6.80. The van der Waals surface area contributed by atoms with Gasteiger partial charge in [-0.1, -0.05) is 26.7 Å². The molecule has 2 aliphatic heterocycles. The highest BCUT2D eigenvalue weighted by molar-refractivity contribution is 5.97. The minimum Gasteiger partial charge on any atom is -0.329 e. The molecule has 3 atom stereocenters. The number of nitrogens with zero attached hydrogens (tertiary/aromatic N) is 2. The molecule has 0 aromatic rings. The van der Waals surface area contributed by atoms with Crippen LogP contribution in [0.25, 0.3) is 0 Å². The largest absolute Gasteiger partial charge is 0.329 e. The number of hydrogen-bond acceptors (Lipinski definition) is 2. The highest BCUT2D eigenvalue weighted by Gasteiger charge is 2.45. The number of carbonyl (C=O) groups is 2. The van der Waals surface area contributed by atoms with Crippen LogP contribution in [0, 0.1) is 5.92 Å². The third-order valence-electron chi connectivity index (χ3n) is 4.98. The van der Waals surface area contributed by atoms with Crippen molar-refractivity contribution >= 4 is 11.8 Å². The molecule has 2 fully saturated rings. The maximum atomic E-state index is 12.8. The molecule has 0 saturated carbocycles. The lowest BCUT2D eigenvalue weighted by Crippen LogP contribution is -2.66. The third-order valence-corrected chi connectivity index (χ3v) is 4.98. The Morgan fingerprint density at radius 3 is 2.48 bits per heavy atom. The zero-order valence-electron chi connectivity index (χ0n) is 14.0. The Balaban J connectivity index is 2.04. The average molecular weight is 294 g/mol. The fourth-order valence-electron chi connectivity index (χ4n) is 3.73. The summed E-state index contributed by atoms with van der Waals surface area (Å²) in [6.45, 7) is 9.20. The summed E-state index contributed by atoms with van der Waals surface area (Å²) in [4.78, 5) is 29.0. The summed E-state index contributed by atoms with van der Waals surface area (Å²) >= 11 is 0. The molecule has 2 amide bonds. The van der Waals surface area contributed by atoms with Crippen LogP contribution in [0.2, 0.25) is 0 Å². The van der Waals surface area contributed by atoms with Crippen molar-refractivity contribution < 1.29 is 9.59 Å². The van der Waals surface area contributed by atoms with Gasteiger partial charge in [-0.15, -0.1) is 0 Å². The van der Waals surface area contributed by atoms with Gasteiger partial charge in [-0.05, 0) is 45.4 Å². The summed E-state index contributed by atoms with van der Waals surface area (Å²) in [5.41, 5.74) is 0. The first-order valence-electron chi connectivity index (χ1n) is 8.56. The maximum absolute atomic E-state index is 12.8. The number of fused-ring (bicyclic) bond motifs is 1. The Morgan fingerprint density at radius 2 is 1.81 bits per heavy atom. The highest BCUT2D eigenvalue weighted by Crippen LogP contribution is 2.28. The van der Waals surface area contributed by atoms with Gasteiger partial charge >= 0.3 is 0 Å². The first-order chi connectivity index (χ1) is 9.93. The van der Waals surface area contributed by atoms with E-state index in [4.69, 9.17) is 0 Å². The number of hydrogen-bond donors (Lipinski definition) is 0. The Morgan fingerprint density at radius 1 is 1.10 bits per heavy atom. The zero-order chi connectivity index (χ0) is 15.6. The van der Waals surface area contributed by atoms with Crippen molar-refractivity contribution in [3.8, 4) is 0 Å². The number of piperidine rings is 1. The van der Waals surface area contributed by atoms with Gasteiger partial charge in [0.25, 0.3) is 0 Å². The van der Waals surface area contributed by atoms with Crippen LogP contribution < -0.4 is 0 Å². The molecule has 2 saturated heterocycles. The summed E-state index contributed by atoms with van der Waals surface area (Å²) in [5.74, 6) is 1.02. The molecule has 0 aromatic carbocycles. The molecule has 0 aliphatic carbocycles. The Kier molecular flexibility index (Phi) is 5.28. The molecule has 0 spiro atoms. The van der Waals surface area contributed by atoms with Crippen molar-refractivity contribution in [3.05, 3.63) is 0 Å². The Bertz CT molecular complexity index is 394. The molecule has 3 unspecified atom stereocenters. The number of amides is 2. The van der Waals surface area contributed by atoms with Crippen molar-refractivity contribution in [1.82, 2.24) is 9.80 Å². The molecule has 0 aromatic heterocycles. The van der Waals surface area contributed by atoms with Crippen molar-refractivity contribution in [2.75, 3.05) is 6.54 Å². The van der Waals surface area contributed by atoms with Crippen LogP contribution in [0.3, 0.4) is 0 Å². The number of carbonyl (C=O) groups excluding carboxylic acids is 2. The van der Waals surface area contributed by atoms with E-state index in [-0.39, 0.29) is 29.9 Å². The first-order valence-corrected chi connectivity index (χ1v) is 8.56. The van der Waals surface area contributed by atoms with Crippen LogP contribution in [0.4, 0.5) is 0 Å². The van der Waals surface area contributed by atoms with Gasteiger partial charge in [-0.2, -0.15) is 0 Å². The van der Waals surface area contributed by atoms with E-state index in [0.717, 1.165) is 38.6 Å². The van der Waals surface area contributed by atoms with Gasteiger partial charge in [0.1, 0.15) is 12.1 Å². The molecule has 0 N–H and O–H groups in total. The van der Waals surface area contributed by atoms with Crippen molar-refractivity contribution in [3.63, 3.8) is 0 Å². The predicted octanol–water partition coefficient (Wildman–Crippen LogP) is 2.81. The predicted molar refractivity (Wildman–Crippen MR) is 83.8 cm³/mol. The van der Waals surface area contributed by atoms with Gasteiger partial charge in [-0.25, -0.2) is 0 Å². The topological polar surface area (TPSA) is 40.6 Å². The van der Waals surface area contributed by atoms with Gasteiger partial charge in [-0.3, -0.25) is 9.59 Å². The van der Waals surface area contributed by atoms with Crippen molar-refractivity contribution in [2.24, 2.45) is 5.92 Å². The van der Waals surface area contributed by atoms with Crippen molar-refractivity contribution in [1.29, 1.82) is 0 Å². The van der Waals surface area contributed by atoms with Gasteiger partial charge in [0, 0.05) is 12.6 Å². The van der Waals surface area contributed by atoms with Crippen LogP contribution in [-0.2, 0) is 9.59 Å². The van der Waals surface area contributed by atoms with Crippen LogP contribution >= 0.6 is 0 Å². The second-order valence-electron chi connectivity index (χ2n) is 7.14. The Hall–Kier alpha value is -1.06. The van der Waals surface area contributed by atoms with E-state index < -0.39 is 0 Å². The second-order valence-corrected chi connectivity index (χ2v) is 7.14. The van der Waals surface area contributed by atoms with E-state index in [1.54, 1.807) is 0 Å². The van der Waals surface area contributed by atoms with Crippen LogP contribution in [0.5, 0.6) is 0 Å². The van der Waals surface area contributed by atoms with E-state index in [1.165, 1.54) is 6.42 Å². The molecular formula is C17H30N2O2. The van der Waals surface area contributed by atoms with Crippen LogP contribution in [0.1, 0.15) is 66.2 Å². The molecule has 2 rings (SSSR count). The Labute approximate surface area is 128 Å². The fraction of sp³-hybridized carbons (Fsp3) is 0.882. The lowest BCUT2D eigenvalue weighted by atomic mass is 9.93. The lowest BCUT2D eigenvalue weighted by molar-refractivity contribution is -0.165. The summed E-state index contributed by atoms with van der Waals surface area (Å²) < 4.78 is 0. The van der Waals surface area contributed by atoms with Crippen molar-refractivity contribution in [2.45, 2.75) is 84.3 Å². The summed E-state index contributed by atoms with van der Waals surface area (Å²) in [6, 6.07) is -0.310.